The fraction of sp³-hybridized carbons (Fsp3) is 0.600. The van der Waals surface area contributed by atoms with Crippen molar-refractivity contribution in [1.82, 2.24) is 20.4 Å². The zero-order valence-electron chi connectivity index (χ0n) is 20.0. The van der Waals surface area contributed by atoms with Crippen molar-refractivity contribution in [2.75, 3.05) is 19.3 Å². The molecule has 1 fully saturated rings. The maximum atomic E-state index is 13.1. The Bertz CT molecular complexity index is 881. The van der Waals surface area contributed by atoms with Gasteiger partial charge in [0.2, 0.25) is 11.7 Å². The molecule has 1 aromatic carbocycles. The first-order valence-electron chi connectivity index (χ1n) is 12.0. The molecule has 1 amide bonds. The molecule has 2 aromatic rings. The Morgan fingerprint density at radius 3 is 2.58 bits per heavy atom. The summed E-state index contributed by atoms with van der Waals surface area (Å²) in [5.74, 6) is 0.681. The molecule has 7 nitrogen and oxygen atoms in total. The van der Waals surface area contributed by atoms with Gasteiger partial charge in [-0.2, -0.15) is 0 Å². The standard InChI is InChI=1S/C25H36N4O3S/c1-18(2)16-21(26-23(31)20-12-8-5-9-13-20)22(30)24-27-28-25(32-24)33-15-14-29(3)17-19-10-6-4-7-11-19/h4,6-7,10-11,18,20-21H,5,8-9,12-17H2,1-3H3,(H,26,31). The highest BCUT2D eigenvalue weighted by Gasteiger charge is 2.30. The summed E-state index contributed by atoms with van der Waals surface area (Å²) in [7, 11) is 2.07. The molecule has 33 heavy (non-hydrogen) atoms. The van der Waals surface area contributed by atoms with Crippen LogP contribution in [-0.4, -0.2) is 52.2 Å². The van der Waals surface area contributed by atoms with Crippen LogP contribution in [-0.2, 0) is 11.3 Å². The molecule has 0 bridgehead atoms. The Morgan fingerprint density at radius 1 is 1.15 bits per heavy atom. The van der Waals surface area contributed by atoms with Gasteiger partial charge in [0.05, 0.1) is 6.04 Å². The predicted molar refractivity (Wildman–Crippen MR) is 130 cm³/mol. The van der Waals surface area contributed by atoms with Gasteiger partial charge in [0.15, 0.2) is 0 Å². The molecule has 1 aliphatic carbocycles. The second-order valence-electron chi connectivity index (χ2n) is 9.33. The van der Waals surface area contributed by atoms with E-state index in [1.807, 2.05) is 32.0 Å². The number of nitrogens with zero attached hydrogens (tertiary/aromatic N) is 3. The highest BCUT2D eigenvalue weighted by atomic mass is 32.2. The van der Waals surface area contributed by atoms with Gasteiger partial charge in [-0.15, -0.1) is 10.2 Å². The number of Topliss-reactive ketones (excluding diaryl/α,β-unsaturated/α-hetero) is 1. The van der Waals surface area contributed by atoms with Gasteiger partial charge in [0.25, 0.3) is 11.1 Å². The summed E-state index contributed by atoms with van der Waals surface area (Å²) in [4.78, 5) is 28.0. The van der Waals surface area contributed by atoms with Gasteiger partial charge in [-0.3, -0.25) is 9.59 Å². The zero-order valence-corrected chi connectivity index (χ0v) is 20.8. The molecule has 0 saturated heterocycles. The number of hydrogen-bond donors (Lipinski definition) is 1. The molecule has 0 radical (unpaired) electrons. The second-order valence-corrected chi connectivity index (χ2v) is 10.4. The minimum Gasteiger partial charge on any atom is -0.408 e. The van der Waals surface area contributed by atoms with Crippen molar-refractivity contribution in [2.24, 2.45) is 11.8 Å². The SMILES string of the molecule is CC(C)CC(NC(=O)C1CCCCC1)C(=O)c1nnc(SCCN(C)Cc2ccccc2)o1. The molecule has 1 saturated carbocycles. The summed E-state index contributed by atoms with van der Waals surface area (Å²) in [5.41, 5.74) is 1.27. The lowest BCUT2D eigenvalue weighted by Crippen LogP contribution is -2.45. The third-order valence-corrected chi connectivity index (χ3v) is 6.73. The van der Waals surface area contributed by atoms with Crippen LogP contribution in [0.3, 0.4) is 0 Å². The average molecular weight is 473 g/mol. The molecule has 180 valence electrons. The average Bonchev–Trinajstić information content (AvgIpc) is 3.28. The monoisotopic (exact) mass is 472 g/mol. The number of nitrogens with one attached hydrogen (secondary N) is 1. The van der Waals surface area contributed by atoms with Crippen LogP contribution in [0.25, 0.3) is 0 Å². The second kappa shape index (κ2) is 12.9. The Kier molecular flexibility index (Phi) is 9.94. The highest BCUT2D eigenvalue weighted by molar-refractivity contribution is 7.99. The first-order chi connectivity index (χ1) is 15.9. The maximum Gasteiger partial charge on any atom is 0.286 e. The van der Waals surface area contributed by atoms with E-state index in [4.69, 9.17) is 4.42 Å². The van der Waals surface area contributed by atoms with Gasteiger partial charge in [-0.25, -0.2) is 0 Å². The molecular formula is C25H36N4O3S. The number of benzene rings is 1. The van der Waals surface area contributed by atoms with Crippen LogP contribution < -0.4 is 5.32 Å². The van der Waals surface area contributed by atoms with E-state index in [-0.39, 0.29) is 29.4 Å². The third kappa shape index (κ3) is 8.27. The molecule has 1 atom stereocenters. The van der Waals surface area contributed by atoms with Crippen molar-refractivity contribution in [3.05, 3.63) is 41.8 Å². The van der Waals surface area contributed by atoms with E-state index in [0.29, 0.717) is 11.6 Å². The quantitative estimate of drug-likeness (QED) is 0.357. The molecule has 1 unspecified atom stereocenters. The number of hydrogen-bond acceptors (Lipinski definition) is 7. The smallest absolute Gasteiger partial charge is 0.286 e. The number of ketones is 1. The van der Waals surface area contributed by atoms with Gasteiger partial charge in [-0.1, -0.05) is 75.2 Å². The molecular weight excluding hydrogens is 436 g/mol. The molecule has 1 aliphatic rings. The lowest BCUT2D eigenvalue weighted by molar-refractivity contribution is -0.126. The number of thioether (sulfide) groups is 1. The molecule has 0 spiro atoms. The van der Waals surface area contributed by atoms with E-state index < -0.39 is 6.04 Å². The van der Waals surface area contributed by atoms with Gasteiger partial charge in [-0.05, 0) is 37.8 Å². The highest BCUT2D eigenvalue weighted by Crippen LogP contribution is 2.24. The topological polar surface area (TPSA) is 88.3 Å². The van der Waals surface area contributed by atoms with Crippen molar-refractivity contribution >= 4 is 23.5 Å². The van der Waals surface area contributed by atoms with Crippen LogP contribution in [0.15, 0.2) is 40.0 Å². The summed E-state index contributed by atoms with van der Waals surface area (Å²) >= 11 is 1.44. The Labute approximate surface area is 201 Å². The van der Waals surface area contributed by atoms with Gasteiger partial charge in [0, 0.05) is 24.8 Å². The van der Waals surface area contributed by atoms with Crippen LogP contribution in [0.4, 0.5) is 0 Å². The lowest BCUT2D eigenvalue weighted by Gasteiger charge is -2.24. The first kappa shape index (κ1) is 25.4. The summed E-state index contributed by atoms with van der Waals surface area (Å²) in [6, 6.07) is 9.69. The summed E-state index contributed by atoms with van der Waals surface area (Å²) < 4.78 is 5.66. The van der Waals surface area contributed by atoms with Crippen molar-refractivity contribution in [1.29, 1.82) is 0 Å². The van der Waals surface area contributed by atoms with E-state index in [0.717, 1.165) is 44.5 Å². The number of carbonyl (C=O) groups is 2. The molecule has 0 aliphatic heterocycles. The predicted octanol–water partition coefficient (Wildman–Crippen LogP) is 4.59. The largest absolute Gasteiger partial charge is 0.408 e. The summed E-state index contributed by atoms with van der Waals surface area (Å²) in [6.07, 6.45) is 5.68. The van der Waals surface area contributed by atoms with E-state index in [1.165, 1.54) is 23.7 Å². The van der Waals surface area contributed by atoms with Crippen LogP contribution in [0.2, 0.25) is 0 Å². The third-order valence-electron chi connectivity index (χ3n) is 5.93. The van der Waals surface area contributed by atoms with E-state index in [9.17, 15) is 9.59 Å². The van der Waals surface area contributed by atoms with E-state index in [1.54, 1.807) is 0 Å². The summed E-state index contributed by atoms with van der Waals surface area (Å²) in [6.45, 7) is 5.79. The number of rotatable bonds is 12. The van der Waals surface area contributed by atoms with Crippen molar-refractivity contribution < 1.29 is 14.0 Å². The Balaban J connectivity index is 1.51. The normalized spacial score (nSPS) is 15.7. The first-order valence-corrected chi connectivity index (χ1v) is 12.9. The van der Waals surface area contributed by atoms with Crippen molar-refractivity contribution in [2.45, 2.75) is 70.2 Å². The van der Waals surface area contributed by atoms with Crippen LogP contribution >= 0.6 is 11.8 Å². The van der Waals surface area contributed by atoms with Gasteiger partial charge in [0.1, 0.15) is 0 Å². The fourth-order valence-electron chi connectivity index (χ4n) is 4.14. The van der Waals surface area contributed by atoms with E-state index >= 15 is 0 Å². The van der Waals surface area contributed by atoms with Crippen LogP contribution in [0.5, 0.6) is 0 Å². The summed E-state index contributed by atoms with van der Waals surface area (Å²) in [5, 5.41) is 11.4. The zero-order chi connectivity index (χ0) is 23.6. The number of aromatic nitrogens is 2. The molecule has 1 aromatic heterocycles. The molecule has 1 N–H and O–H groups in total. The van der Waals surface area contributed by atoms with Crippen LogP contribution in [0, 0.1) is 11.8 Å². The molecule has 3 rings (SSSR count). The fourth-order valence-corrected chi connectivity index (χ4v) is 4.95. The Hall–Kier alpha value is -2.19. The molecule has 8 heteroatoms. The minimum absolute atomic E-state index is 0.00268. The van der Waals surface area contributed by atoms with Gasteiger partial charge >= 0.3 is 0 Å². The lowest BCUT2D eigenvalue weighted by atomic mass is 9.88. The Morgan fingerprint density at radius 2 is 1.88 bits per heavy atom. The van der Waals surface area contributed by atoms with Gasteiger partial charge < -0.3 is 14.6 Å². The van der Waals surface area contributed by atoms with E-state index in [2.05, 4.69) is 39.6 Å². The number of amides is 1. The molecule has 1 heterocycles. The van der Waals surface area contributed by atoms with Crippen molar-refractivity contribution in [3.63, 3.8) is 0 Å². The number of carbonyl (C=O) groups excluding carboxylic acids is 2. The maximum absolute atomic E-state index is 13.1. The van der Waals surface area contributed by atoms with Crippen LogP contribution in [0.1, 0.15) is 68.6 Å². The van der Waals surface area contributed by atoms with Crippen molar-refractivity contribution in [3.8, 4) is 0 Å². The minimum atomic E-state index is -0.630.